The van der Waals surface area contributed by atoms with Crippen LogP contribution in [0, 0.1) is 18.3 Å². The zero-order chi connectivity index (χ0) is 17.4. The predicted octanol–water partition coefficient (Wildman–Crippen LogP) is 2.14. The molecule has 1 aliphatic carbocycles. The minimum absolute atomic E-state index is 0.0382. The number of amides is 1. The topological polar surface area (TPSA) is 88.9 Å². The molecule has 0 radical (unpaired) electrons. The Bertz CT molecular complexity index is 847. The highest BCUT2D eigenvalue weighted by molar-refractivity contribution is 5.90. The fourth-order valence-electron chi connectivity index (χ4n) is 3.91. The van der Waals surface area contributed by atoms with Crippen LogP contribution in [-0.2, 0) is 4.79 Å². The van der Waals surface area contributed by atoms with Crippen LogP contribution in [0.25, 0.3) is 11.0 Å². The van der Waals surface area contributed by atoms with E-state index in [4.69, 9.17) is 5.26 Å². The van der Waals surface area contributed by atoms with E-state index in [1.807, 2.05) is 6.20 Å². The highest BCUT2D eigenvalue weighted by atomic mass is 16.2. The molecule has 25 heavy (non-hydrogen) atoms. The van der Waals surface area contributed by atoms with Crippen molar-refractivity contribution < 1.29 is 4.79 Å². The Morgan fingerprint density at radius 3 is 3.00 bits per heavy atom. The molecular formula is C18H22N6O. The van der Waals surface area contributed by atoms with Gasteiger partial charge in [-0.1, -0.05) is 0 Å². The van der Waals surface area contributed by atoms with E-state index in [1.165, 1.54) is 0 Å². The lowest BCUT2D eigenvalue weighted by Crippen LogP contribution is -2.57. The van der Waals surface area contributed by atoms with E-state index in [0.717, 1.165) is 54.9 Å². The molecule has 0 aromatic carbocycles. The molecule has 0 atom stereocenters. The standard InChI is InChI=1S/C18H22N6O/c1-13-10-20-16-15(13)17(22-12-21-16)23-8-9-24(18(11-23)5-6-18)14(25)4-2-3-7-19/h10,12H,2-6,8-9,11H2,1H3,(H,20,21,22). The molecule has 1 N–H and O–H groups in total. The first-order valence-corrected chi connectivity index (χ1v) is 8.86. The summed E-state index contributed by atoms with van der Waals surface area (Å²) >= 11 is 0. The van der Waals surface area contributed by atoms with Gasteiger partial charge in [-0.25, -0.2) is 9.97 Å². The monoisotopic (exact) mass is 338 g/mol. The summed E-state index contributed by atoms with van der Waals surface area (Å²) < 4.78 is 0. The smallest absolute Gasteiger partial charge is 0.223 e. The number of hydrogen-bond donors (Lipinski definition) is 1. The summed E-state index contributed by atoms with van der Waals surface area (Å²) in [4.78, 5) is 29.0. The molecule has 1 aliphatic heterocycles. The van der Waals surface area contributed by atoms with Crippen molar-refractivity contribution in [2.75, 3.05) is 24.5 Å². The Balaban J connectivity index is 1.54. The molecule has 1 saturated heterocycles. The van der Waals surface area contributed by atoms with Crippen molar-refractivity contribution in [1.29, 1.82) is 5.26 Å². The number of nitrogens with one attached hydrogen (secondary N) is 1. The number of piperazine rings is 1. The lowest BCUT2D eigenvalue weighted by atomic mass is 10.1. The Morgan fingerprint density at radius 2 is 2.24 bits per heavy atom. The molecule has 0 bridgehead atoms. The Morgan fingerprint density at radius 1 is 1.40 bits per heavy atom. The molecule has 2 fully saturated rings. The number of nitriles is 1. The molecular weight excluding hydrogens is 316 g/mol. The van der Waals surface area contributed by atoms with Crippen LogP contribution in [0.3, 0.4) is 0 Å². The van der Waals surface area contributed by atoms with Crippen LogP contribution in [0.4, 0.5) is 5.82 Å². The fourth-order valence-corrected chi connectivity index (χ4v) is 3.91. The minimum atomic E-state index is -0.0382. The van der Waals surface area contributed by atoms with E-state index in [2.05, 4.69) is 37.7 Å². The number of carbonyl (C=O) groups is 1. The third-order valence-electron chi connectivity index (χ3n) is 5.41. The largest absolute Gasteiger partial charge is 0.352 e. The molecule has 7 heteroatoms. The molecule has 4 rings (SSSR count). The first-order valence-electron chi connectivity index (χ1n) is 8.86. The first kappa shape index (κ1) is 15.9. The van der Waals surface area contributed by atoms with Crippen molar-refractivity contribution in [3.05, 3.63) is 18.1 Å². The number of aromatic nitrogens is 3. The van der Waals surface area contributed by atoms with Crippen LogP contribution in [-0.4, -0.2) is 50.9 Å². The van der Waals surface area contributed by atoms with Gasteiger partial charge < -0.3 is 14.8 Å². The molecule has 2 aromatic rings. The summed E-state index contributed by atoms with van der Waals surface area (Å²) in [6.07, 6.45) is 7.24. The van der Waals surface area contributed by atoms with Gasteiger partial charge in [0.15, 0.2) is 0 Å². The number of unbranched alkanes of at least 4 members (excludes halogenated alkanes) is 1. The quantitative estimate of drug-likeness (QED) is 0.863. The number of nitrogens with zero attached hydrogens (tertiary/aromatic N) is 5. The van der Waals surface area contributed by atoms with Gasteiger partial charge in [0.1, 0.15) is 17.8 Å². The van der Waals surface area contributed by atoms with Gasteiger partial charge in [0, 0.05) is 38.7 Å². The van der Waals surface area contributed by atoms with Crippen LogP contribution in [0.2, 0.25) is 0 Å². The molecule has 130 valence electrons. The average molecular weight is 338 g/mol. The van der Waals surface area contributed by atoms with Crippen LogP contribution in [0.15, 0.2) is 12.5 Å². The summed E-state index contributed by atoms with van der Waals surface area (Å²) in [7, 11) is 0. The zero-order valence-corrected chi connectivity index (χ0v) is 14.5. The van der Waals surface area contributed by atoms with Gasteiger partial charge in [-0.05, 0) is 31.7 Å². The van der Waals surface area contributed by atoms with Crippen molar-refractivity contribution in [2.45, 2.75) is 44.6 Å². The van der Waals surface area contributed by atoms with Crippen LogP contribution < -0.4 is 4.90 Å². The van der Waals surface area contributed by atoms with Crippen LogP contribution in [0.5, 0.6) is 0 Å². The fraction of sp³-hybridized carbons (Fsp3) is 0.556. The van der Waals surface area contributed by atoms with E-state index < -0.39 is 0 Å². The highest BCUT2D eigenvalue weighted by Crippen LogP contribution is 2.45. The van der Waals surface area contributed by atoms with E-state index in [0.29, 0.717) is 19.3 Å². The second kappa shape index (κ2) is 6.03. The van der Waals surface area contributed by atoms with Gasteiger partial charge in [0.05, 0.1) is 17.0 Å². The van der Waals surface area contributed by atoms with Gasteiger partial charge in [-0.3, -0.25) is 4.79 Å². The van der Waals surface area contributed by atoms with Crippen LogP contribution in [0.1, 0.15) is 37.7 Å². The second-order valence-electron chi connectivity index (χ2n) is 7.10. The number of aromatic amines is 1. The number of carbonyl (C=O) groups excluding carboxylic acids is 1. The molecule has 2 aromatic heterocycles. The molecule has 1 saturated carbocycles. The average Bonchev–Trinajstić information content (AvgIpc) is 3.27. The third-order valence-corrected chi connectivity index (χ3v) is 5.41. The number of fused-ring (bicyclic) bond motifs is 1. The van der Waals surface area contributed by atoms with Crippen molar-refractivity contribution in [3.63, 3.8) is 0 Å². The first-order chi connectivity index (χ1) is 12.1. The van der Waals surface area contributed by atoms with Gasteiger partial charge in [-0.2, -0.15) is 5.26 Å². The van der Waals surface area contributed by atoms with E-state index in [-0.39, 0.29) is 11.4 Å². The van der Waals surface area contributed by atoms with Gasteiger partial charge in [0.2, 0.25) is 5.91 Å². The molecule has 1 spiro atoms. The van der Waals surface area contributed by atoms with Gasteiger partial charge >= 0.3 is 0 Å². The molecule has 3 heterocycles. The Kier molecular flexibility index (Phi) is 3.83. The van der Waals surface area contributed by atoms with E-state index in [9.17, 15) is 4.79 Å². The number of rotatable bonds is 4. The van der Waals surface area contributed by atoms with Gasteiger partial charge in [-0.15, -0.1) is 0 Å². The summed E-state index contributed by atoms with van der Waals surface area (Å²) in [5, 5.41) is 9.74. The summed E-state index contributed by atoms with van der Waals surface area (Å²) in [6, 6.07) is 2.11. The molecule has 7 nitrogen and oxygen atoms in total. The lowest BCUT2D eigenvalue weighted by Gasteiger charge is -2.43. The highest BCUT2D eigenvalue weighted by Gasteiger charge is 2.53. The van der Waals surface area contributed by atoms with Crippen molar-refractivity contribution in [2.24, 2.45) is 0 Å². The Labute approximate surface area is 146 Å². The molecule has 2 aliphatic rings. The molecule has 1 amide bonds. The van der Waals surface area contributed by atoms with Gasteiger partial charge in [0.25, 0.3) is 0 Å². The predicted molar refractivity (Wildman–Crippen MR) is 94.0 cm³/mol. The zero-order valence-electron chi connectivity index (χ0n) is 14.5. The van der Waals surface area contributed by atoms with Crippen LogP contribution >= 0.6 is 0 Å². The number of aryl methyl sites for hydroxylation is 1. The summed E-state index contributed by atoms with van der Waals surface area (Å²) in [6.45, 7) is 4.39. The maximum absolute atomic E-state index is 12.6. The summed E-state index contributed by atoms with van der Waals surface area (Å²) in [5.74, 6) is 1.16. The SMILES string of the molecule is Cc1c[nH]c2ncnc(N3CCN(C(=O)CCCC#N)C4(CC4)C3)c12. The number of anilines is 1. The molecule has 0 unspecified atom stereocenters. The van der Waals surface area contributed by atoms with Crippen molar-refractivity contribution >= 4 is 22.8 Å². The maximum atomic E-state index is 12.6. The normalized spacial score (nSPS) is 18.6. The van der Waals surface area contributed by atoms with E-state index >= 15 is 0 Å². The van der Waals surface area contributed by atoms with E-state index in [1.54, 1.807) is 6.33 Å². The second-order valence-corrected chi connectivity index (χ2v) is 7.10. The maximum Gasteiger partial charge on any atom is 0.223 e. The lowest BCUT2D eigenvalue weighted by molar-refractivity contribution is -0.135. The minimum Gasteiger partial charge on any atom is -0.352 e. The van der Waals surface area contributed by atoms with Crippen molar-refractivity contribution in [3.8, 4) is 6.07 Å². The third kappa shape index (κ3) is 2.72. The van der Waals surface area contributed by atoms with Crippen molar-refractivity contribution in [1.82, 2.24) is 19.9 Å². The number of H-pyrrole nitrogens is 1. The number of hydrogen-bond acceptors (Lipinski definition) is 5. The Hall–Kier alpha value is -2.62. The summed E-state index contributed by atoms with van der Waals surface area (Å²) in [5.41, 5.74) is 1.97.